The van der Waals surface area contributed by atoms with E-state index in [1.165, 1.54) is 19.4 Å². The molecule has 0 bridgehead atoms. The van der Waals surface area contributed by atoms with Gasteiger partial charge in [-0.1, -0.05) is 13.8 Å². The number of nitrogens with one attached hydrogen (secondary N) is 1. The van der Waals surface area contributed by atoms with Gasteiger partial charge in [0.15, 0.2) is 0 Å². The van der Waals surface area contributed by atoms with Gasteiger partial charge < -0.3 is 15.3 Å². The van der Waals surface area contributed by atoms with Crippen LogP contribution < -0.4 is 5.32 Å². The Hall–Kier alpha value is -0.160. The fourth-order valence-corrected chi connectivity index (χ4v) is 2.86. The first kappa shape index (κ1) is 15.9. The number of aliphatic hydroxyl groups is 1. The molecule has 4 heteroatoms. The molecule has 1 heterocycles. The van der Waals surface area contributed by atoms with E-state index in [1.54, 1.807) is 0 Å². The number of rotatable bonds is 9. The van der Waals surface area contributed by atoms with Crippen LogP contribution in [0.3, 0.4) is 0 Å². The molecule has 18 heavy (non-hydrogen) atoms. The number of likely N-dealkylation sites (tertiary alicyclic amines) is 1. The average Bonchev–Trinajstić information content (AvgIpc) is 2.81. The second-order valence-corrected chi connectivity index (χ2v) is 5.48. The minimum atomic E-state index is 0.214. The lowest BCUT2D eigenvalue weighted by Gasteiger charge is -2.30. The van der Waals surface area contributed by atoms with Crippen molar-refractivity contribution in [3.05, 3.63) is 0 Å². The Labute approximate surface area is 112 Å². The molecule has 1 aliphatic rings. The highest BCUT2D eigenvalue weighted by molar-refractivity contribution is 4.81. The van der Waals surface area contributed by atoms with E-state index in [1.807, 2.05) is 0 Å². The van der Waals surface area contributed by atoms with E-state index in [2.05, 4.69) is 36.0 Å². The Balaban J connectivity index is 2.28. The van der Waals surface area contributed by atoms with Gasteiger partial charge in [0.2, 0.25) is 0 Å². The molecular weight excluding hydrogens is 226 g/mol. The molecule has 0 radical (unpaired) electrons. The zero-order valence-corrected chi connectivity index (χ0v) is 12.4. The zero-order valence-electron chi connectivity index (χ0n) is 12.4. The van der Waals surface area contributed by atoms with E-state index in [-0.39, 0.29) is 12.6 Å². The molecule has 0 amide bonds. The van der Waals surface area contributed by atoms with Crippen molar-refractivity contribution in [2.75, 3.05) is 46.4 Å². The summed E-state index contributed by atoms with van der Waals surface area (Å²) in [5, 5.41) is 12.8. The Morgan fingerprint density at radius 2 is 2.22 bits per heavy atom. The van der Waals surface area contributed by atoms with E-state index in [9.17, 15) is 5.11 Å². The Morgan fingerprint density at radius 3 is 2.83 bits per heavy atom. The quantitative estimate of drug-likeness (QED) is 0.640. The topological polar surface area (TPSA) is 38.7 Å². The van der Waals surface area contributed by atoms with Crippen molar-refractivity contribution in [2.24, 2.45) is 0 Å². The van der Waals surface area contributed by atoms with E-state index in [0.717, 1.165) is 32.6 Å². The lowest BCUT2D eigenvalue weighted by atomic mass is 10.2. The minimum Gasteiger partial charge on any atom is -0.395 e. The van der Waals surface area contributed by atoms with Gasteiger partial charge in [0.25, 0.3) is 0 Å². The van der Waals surface area contributed by atoms with Crippen molar-refractivity contribution >= 4 is 0 Å². The van der Waals surface area contributed by atoms with Crippen LogP contribution in [-0.4, -0.2) is 73.4 Å². The second-order valence-electron chi connectivity index (χ2n) is 5.48. The lowest BCUT2D eigenvalue weighted by Crippen LogP contribution is -2.46. The highest BCUT2D eigenvalue weighted by Crippen LogP contribution is 2.17. The van der Waals surface area contributed by atoms with Gasteiger partial charge >= 0.3 is 0 Å². The van der Waals surface area contributed by atoms with Crippen LogP contribution in [0.1, 0.15) is 33.1 Å². The number of hydrogen-bond acceptors (Lipinski definition) is 4. The Morgan fingerprint density at radius 1 is 1.44 bits per heavy atom. The number of nitrogens with zero attached hydrogens (tertiary/aromatic N) is 2. The molecule has 4 nitrogen and oxygen atoms in total. The van der Waals surface area contributed by atoms with Gasteiger partial charge in [-0.2, -0.15) is 0 Å². The van der Waals surface area contributed by atoms with Gasteiger partial charge in [-0.25, -0.2) is 0 Å². The van der Waals surface area contributed by atoms with Crippen molar-refractivity contribution in [1.29, 1.82) is 0 Å². The van der Waals surface area contributed by atoms with Crippen molar-refractivity contribution in [3.8, 4) is 0 Å². The van der Waals surface area contributed by atoms with Gasteiger partial charge in [-0.15, -0.1) is 0 Å². The molecule has 0 spiro atoms. The van der Waals surface area contributed by atoms with Crippen molar-refractivity contribution in [2.45, 2.75) is 45.2 Å². The molecule has 1 rings (SSSR count). The molecule has 0 aliphatic carbocycles. The van der Waals surface area contributed by atoms with E-state index in [4.69, 9.17) is 0 Å². The minimum absolute atomic E-state index is 0.214. The molecule has 1 aliphatic heterocycles. The largest absolute Gasteiger partial charge is 0.395 e. The molecule has 0 aromatic heterocycles. The smallest absolute Gasteiger partial charge is 0.0597 e. The van der Waals surface area contributed by atoms with E-state index >= 15 is 0 Å². The summed E-state index contributed by atoms with van der Waals surface area (Å²) in [6.45, 7) is 10.1. The lowest BCUT2D eigenvalue weighted by molar-refractivity contribution is 0.163. The number of hydrogen-bond donors (Lipinski definition) is 2. The molecule has 0 aromatic rings. The van der Waals surface area contributed by atoms with E-state index < -0.39 is 0 Å². The van der Waals surface area contributed by atoms with Gasteiger partial charge in [-0.05, 0) is 45.9 Å². The van der Waals surface area contributed by atoms with Crippen LogP contribution in [0.25, 0.3) is 0 Å². The van der Waals surface area contributed by atoms with Crippen LogP contribution in [0.5, 0.6) is 0 Å². The molecule has 2 unspecified atom stereocenters. The number of aliphatic hydroxyl groups excluding tert-OH is 1. The zero-order chi connectivity index (χ0) is 13.4. The van der Waals surface area contributed by atoms with Crippen molar-refractivity contribution in [3.63, 3.8) is 0 Å². The highest BCUT2D eigenvalue weighted by Gasteiger charge is 2.24. The van der Waals surface area contributed by atoms with Crippen molar-refractivity contribution in [1.82, 2.24) is 15.1 Å². The molecule has 0 aromatic carbocycles. The predicted octanol–water partition coefficient (Wildman–Crippen LogP) is 0.763. The van der Waals surface area contributed by atoms with Crippen LogP contribution >= 0.6 is 0 Å². The van der Waals surface area contributed by atoms with Gasteiger partial charge in [0.1, 0.15) is 0 Å². The normalized spacial score (nSPS) is 22.8. The second kappa shape index (κ2) is 8.86. The summed E-state index contributed by atoms with van der Waals surface area (Å²) in [5.74, 6) is 0. The third-order valence-corrected chi connectivity index (χ3v) is 3.86. The fourth-order valence-electron chi connectivity index (χ4n) is 2.86. The first-order valence-corrected chi connectivity index (χ1v) is 7.48. The molecule has 2 atom stereocenters. The van der Waals surface area contributed by atoms with E-state index in [0.29, 0.717) is 6.04 Å². The first-order chi connectivity index (χ1) is 8.71. The standard InChI is InChI=1S/C14H31N3O/c1-4-8-15-13(12-18)10-16(3)11-14-7-6-9-17(14)5-2/h13-15,18H,4-12H2,1-3H3. The molecule has 0 saturated carbocycles. The van der Waals surface area contributed by atoms with Crippen LogP contribution in [0.15, 0.2) is 0 Å². The average molecular weight is 257 g/mol. The summed E-state index contributed by atoms with van der Waals surface area (Å²) in [7, 11) is 2.17. The molecule has 2 N–H and O–H groups in total. The Kier molecular flexibility index (Phi) is 7.82. The van der Waals surface area contributed by atoms with Gasteiger partial charge in [0, 0.05) is 25.2 Å². The summed E-state index contributed by atoms with van der Waals surface area (Å²) in [5.41, 5.74) is 0. The summed E-state index contributed by atoms with van der Waals surface area (Å²) >= 11 is 0. The van der Waals surface area contributed by atoms with Crippen LogP contribution in [0.4, 0.5) is 0 Å². The summed E-state index contributed by atoms with van der Waals surface area (Å²) in [4.78, 5) is 4.94. The fraction of sp³-hybridized carbons (Fsp3) is 1.00. The summed E-state index contributed by atoms with van der Waals surface area (Å²) < 4.78 is 0. The third kappa shape index (κ3) is 5.22. The van der Waals surface area contributed by atoms with Gasteiger partial charge in [-0.3, -0.25) is 4.90 Å². The number of likely N-dealkylation sites (N-methyl/N-ethyl adjacent to an activating group) is 2. The van der Waals surface area contributed by atoms with Gasteiger partial charge in [0.05, 0.1) is 6.61 Å². The van der Waals surface area contributed by atoms with Crippen molar-refractivity contribution < 1.29 is 5.11 Å². The predicted molar refractivity (Wildman–Crippen MR) is 76.9 cm³/mol. The van der Waals surface area contributed by atoms with Crippen LogP contribution in [0, 0.1) is 0 Å². The molecule has 1 fully saturated rings. The summed E-state index contributed by atoms with van der Waals surface area (Å²) in [6.07, 6.45) is 3.78. The molecular formula is C14H31N3O. The highest BCUT2D eigenvalue weighted by atomic mass is 16.3. The first-order valence-electron chi connectivity index (χ1n) is 7.48. The molecule has 1 saturated heterocycles. The third-order valence-electron chi connectivity index (χ3n) is 3.86. The van der Waals surface area contributed by atoms with Crippen LogP contribution in [-0.2, 0) is 0 Å². The maximum Gasteiger partial charge on any atom is 0.0597 e. The SMILES string of the molecule is CCCNC(CO)CN(C)CC1CCCN1CC. The maximum atomic E-state index is 9.36. The monoisotopic (exact) mass is 257 g/mol. The maximum absolute atomic E-state index is 9.36. The molecule has 108 valence electrons. The summed E-state index contributed by atoms with van der Waals surface area (Å²) in [6, 6.07) is 0.928. The Bertz CT molecular complexity index is 213. The van der Waals surface area contributed by atoms with Crippen LogP contribution in [0.2, 0.25) is 0 Å².